The number of nitriles is 1. The lowest BCUT2D eigenvalue weighted by Crippen LogP contribution is -2.42. The normalized spacial score (nSPS) is 33.6. The van der Waals surface area contributed by atoms with Crippen molar-refractivity contribution in [1.82, 2.24) is 4.67 Å². The minimum atomic E-state index is -1.27. The number of hydrogen-bond donors (Lipinski definition) is 0. The van der Waals surface area contributed by atoms with Gasteiger partial charge in [0, 0.05) is 12.1 Å². The largest absolute Gasteiger partial charge is 0.370 e. The first kappa shape index (κ1) is 20.0. The van der Waals surface area contributed by atoms with Crippen LogP contribution in [0.15, 0.2) is 0 Å². The summed E-state index contributed by atoms with van der Waals surface area (Å²) >= 11 is 0. The molecule has 7 heteroatoms. The Hall–Kier alpha value is -0.280. The van der Waals surface area contributed by atoms with Gasteiger partial charge in [0.1, 0.15) is 17.8 Å². The Balaban J connectivity index is 2.17. The van der Waals surface area contributed by atoms with E-state index in [2.05, 4.69) is 45.4 Å². The monoisotopic (exact) mass is 358 g/mol. The van der Waals surface area contributed by atoms with Crippen LogP contribution in [-0.4, -0.2) is 53.9 Å². The Morgan fingerprint density at radius 3 is 2.50 bits per heavy atom. The molecule has 2 fully saturated rings. The lowest BCUT2D eigenvalue weighted by atomic mass is 9.96. The molecule has 5 atom stereocenters. The fraction of sp³-hybridized carbons (Fsp3) is 0.941. The van der Waals surface area contributed by atoms with Crippen molar-refractivity contribution < 1.29 is 18.5 Å². The van der Waals surface area contributed by atoms with Gasteiger partial charge in [-0.15, -0.1) is 0 Å². The van der Waals surface area contributed by atoms with Crippen molar-refractivity contribution in [3.63, 3.8) is 0 Å². The van der Waals surface area contributed by atoms with Gasteiger partial charge in [0.15, 0.2) is 0 Å². The SMILES string of the molecule is CCC12CO[C@H](C(C)O1)[C@H]2OP(OCCC#N)N(C(C)C)C(C)C. The van der Waals surface area contributed by atoms with Crippen LogP contribution in [0.1, 0.15) is 54.4 Å². The van der Waals surface area contributed by atoms with Gasteiger partial charge in [0.2, 0.25) is 0 Å². The molecule has 0 saturated carbocycles. The van der Waals surface area contributed by atoms with E-state index in [1.807, 2.05) is 6.92 Å². The van der Waals surface area contributed by atoms with Gasteiger partial charge in [-0.25, -0.2) is 4.67 Å². The molecule has 2 rings (SSSR count). The molecule has 3 unspecified atom stereocenters. The van der Waals surface area contributed by atoms with Gasteiger partial charge in [-0.3, -0.25) is 0 Å². The smallest absolute Gasteiger partial charge is 0.259 e. The minimum Gasteiger partial charge on any atom is -0.370 e. The van der Waals surface area contributed by atoms with E-state index in [1.165, 1.54) is 0 Å². The van der Waals surface area contributed by atoms with Crippen molar-refractivity contribution in [3.05, 3.63) is 0 Å². The average molecular weight is 358 g/mol. The number of hydrogen-bond acceptors (Lipinski definition) is 6. The Bertz CT molecular complexity index is 448. The topological polar surface area (TPSA) is 64.0 Å². The molecule has 0 aromatic carbocycles. The molecule has 0 aliphatic carbocycles. The minimum absolute atomic E-state index is 0.0335. The van der Waals surface area contributed by atoms with Gasteiger partial charge in [-0.05, 0) is 41.0 Å². The number of fused-ring (bicyclic) bond motifs is 2. The zero-order valence-electron chi connectivity index (χ0n) is 15.7. The van der Waals surface area contributed by atoms with E-state index in [0.29, 0.717) is 19.6 Å². The first-order chi connectivity index (χ1) is 11.4. The number of ether oxygens (including phenoxy) is 2. The Kier molecular flexibility index (Phi) is 7.01. The van der Waals surface area contributed by atoms with Crippen LogP contribution in [0.3, 0.4) is 0 Å². The third-order valence-corrected chi connectivity index (χ3v) is 6.80. The van der Waals surface area contributed by atoms with Gasteiger partial charge in [0.25, 0.3) is 8.53 Å². The van der Waals surface area contributed by atoms with E-state index < -0.39 is 8.53 Å². The highest BCUT2D eigenvalue weighted by Crippen LogP contribution is 2.54. The van der Waals surface area contributed by atoms with Crippen molar-refractivity contribution in [1.29, 1.82) is 5.26 Å². The van der Waals surface area contributed by atoms with Crippen LogP contribution >= 0.6 is 8.53 Å². The fourth-order valence-corrected chi connectivity index (χ4v) is 5.37. The predicted molar refractivity (Wildman–Crippen MR) is 93.4 cm³/mol. The average Bonchev–Trinajstić information content (AvgIpc) is 2.98. The van der Waals surface area contributed by atoms with Gasteiger partial charge >= 0.3 is 0 Å². The highest BCUT2D eigenvalue weighted by molar-refractivity contribution is 7.44. The first-order valence-electron chi connectivity index (χ1n) is 8.90. The van der Waals surface area contributed by atoms with Crippen LogP contribution in [0.25, 0.3) is 0 Å². The lowest BCUT2D eigenvalue weighted by Gasteiger charge is -2.38. The molecule has 2 bridgehead atoms. The molecule has 0 spiro atoms. The summed E-state index contributed by atoms with van der Waals surface area (Å²) in [6.07, 6.45) is 1.08. The molecule has 0 radical (unpaired) electrons. The lowest BCUT2D eigenvalue weighted by molar-refractivity contribution is -0.139. The molecule has 138 valence electrons. The summed E-state index contributed by atoms with van der Waals surface area (Å²) in [7, 11) is -1.27. The summed E-state index contributed by atoms with van der Waals surface area (Å²) in [5.74, 6) is 0. The van der Waals surface area contributed by atoms with Crippen LogP contribution in [0.2, 0.25) is 0 Å². The van der Waals surface area contributed by atoms with Gasteiger partial charge in [-0.2, -0.15) is 5.26 Å². The van der Waals surface area contributed by atoms with Crippen LogP contribution in [-0.2, 0) is 18.5 Å². The second kappa shape index (κ2) is 8.40. The molecule has 2 heterocycles. The zero-order valence-corrected chi connectivity index (χ0v) is 16.6. The Labute approximate surface area is 147 Å². The maximum atomic E-state index is 8.81. The summed E-state index contributed by atoms with van der Waals surface area (Å²) in [5, 5.41) is 8.81. The second-order valence-corrected chi connectivity index (χ2v) is 8.50. The molecule has 2 saturated heterocycles. The van der Waals surface area contributed by atoms with Crippen molar-refractivity contribution in [2.24, 2.45) is 0 Å². The summed E-state index contributed by atoms with van der Waals surface area (Å²) in [6.45, 7) is 13.7. The molecule has 0 amide bonds. The number of rotatable bonds is 9. The van der Waals surface area contributed by atoms with E-state index in [-0.39, 0.29) is 36.0 Å². The summed E-state index contributed by atoms with van der Waals surface area (Å²) < 4.78 is 26.9. The third-order valence-electron chi connectivity index (χ3n) is 4.68. The predicted octanol–water partition coefficient (Wildman–Crippen LogP) is 3.61. The van der Waals surface area contributed by atoms with Crippen molar-refractivity contribution >= 4 is 8.53 Å². The molecule has 2 aliphatic rings. The van der Waals surface area contributed by atoms with Crippen LogP contribution in [0.5, 0.6) is 0 Å². The Morgan fingerprint density at radius 2 is 2.00 bits per heavy atom. The molecule has 6 nitrogen and oxygen atoms in total. The van der Waals surface area contributed by atoms with Gasteiger partial charge in [0.05, 0.1) is 31.8 Å². The van der Waals surface area contributed by atoms with Gasteiger partial charge < -0.3 is 18.5 Å². The van der Waals surface area contributed by atoms with Crippen LogP contribution < -0.4 is 0 Å². The molecule has 2 aliphatic heterocycles. The molecule has 0 aromatic heterocycles. The molecular weight excluding hydrogens is 327 g/mol. The quantitative estimate of drug-likeness (QED) is 0.463. The van der Waals surface area contributed by atoms with Crippen molar-refractivity contribution in [3.8, 4) is 6.07 Å². The van der Waals surface area contributed by atoms with Crippen molar-refractivity contribution in [2.75, 3.05) is 13.2 Å². The fourth-order valence-electron chi connectivity index (χ4n) is 3.56. The third kappa shape index (κ3) is 3.93. The Morgan fingerprint density at radius 1 is 1.33 bits per heavy atom. The van der Waals surface area contributed by atoms with Crippen LogP contribution in [0, 0.1) is 11.3 Å². The van der Waals surface area contributed by atoms with E-state index in [4.69, 9.17) is 23.8 Å². The summed E-state index contributed by atoms with van der Waals surface area (Å²) in [4.78, 5) is 0. The van der Waals surface area contributed by atoms with Crippen molar-refractivity contribution in [2.45, 2.75) is 90.4 Å². The van der Waals surface area contributed by atoms with E-state index >= 15 is 0 Å². The summed E-state index contributed by atoms with van der Waals surface area (Å²) in [6, 6.07) is 2.70. The first-order valence-corrected chi connectivity index (χ1v) is 10.0. The molecule has 0 aromatic rings. The van der Waals surface area contributed by atoms with E-state index in [9.17, 15) is 0 Å². The molecule has 24 heavy (non-hydrogen) atoms. The molecule has 0 N–H and O–H groups in total. The van der Waals surface area contributed by atoms with Gasteiger partial charge in [-0.1, -0.05) is 6.92 Å². The second-order valence-electron chi connectivity index (χ2n) is 7.09. The maximum absolute atomic E-state index is 8.81. The summed E-state index contributed by atoms with van der Waals surface area (Å²) in [5.41, 5.74) is -0.372. The molecular formula is C17H31N2O4P. The van der Waals surface area contributed by atoms with Crippen LogP contribution in [0.4, 0.5) is 0 Å². The highest BCUT2D eigenvalue weighted by Gasteiger charge is 2.61. The maximum Gasteiger partial charge on any atom is 0.259 e. The standard InChI is InChI=1S/C17H31N2O4P/c1-7-17-11-20-15(14(6)22-17)16(17)23-24(21-10-8-9-18)19(12(2)3)13(4)5/h12-16H,7-8,10-11H2,1-6H3/t14?,15-,16-,17?,24?/m1/s1. The van der Waals surface area contributed by atoms with E-state index in [0.717, 1.165) is 6.42 Å². The highest BCUT2D eigenvalue weighted by atomic mass is 31.2. The van der Waals surface area contributed by atoms with E-state index in [1.54, 1.807) is 0 Å². The number of nitrogens with zero attached hydrogens (tertiary/aromatic N) is 2. The zero-order chi connectivity index (χ0) is 17.9.